The van der Waals surface area contributed by atoms with Crippen LogP contribution in [0, 0.1) is 0 Å². The molecule has 0 unspecified atom stereocenters. The highest BCUT2D eigenvalue weighted by atomic mass is 79.9. The fraction of sp³-hybridized carbons (Fsp3) is 0. The Morgan fingerprint density at radius 2 is 1.67 bits per heavy atom. The van der Waals surface area contributed by atoms with Crippen molar-refractivity contribution in [3.63, 3.8) is 0 Å². The summed E-state index contributed by atoms with van der Waals surface area (Å²) in [4.78, 5) is 4.45. The van der Waals surface area contributed by atoms with Crippen molar-refractivity contribution in [1.82, 2.24) is 4.98 Å². The number of hydrogen-bond donors (Lipinski definition) is 0. The molecule has 0 amide bonds. The van der Waals surface area contributed by atoms with E-state index in [2.05, 4.69) is 27.0 Å². The van der Waals surface area contributed by atoms with Gasteiger partial charge in [0.1, 0.15) is 5.15 Å². The van der Waals surface area contributed by atoms with E-state index < -0.39 is 0 Å². The Labute approximate surface area is 119 Å². The van der Waals surface area contributed by atoms with E-state index in [0.717, 1.165) is 26.5 Å². The summed E-state index contributed by atoms with van der Waals surface area (Å²) < 4.78 is 1.05. The maximum Gasteiger partial charge on any atom is 0.137 e. The molecule has 0 aliphatic rings. The predicted octanol–water partition coefficient (Wildman–Crippen LogP) is 5.32. The molecule has 1 nitrogen and oxygen atoms in total. The number of nitrogens with zero attached hydrogens (tertiary/aromatic N) is 1. The van der Waals surface area contributed by atoms with Crippen molar-refractivity contribution in [2.75, 3.05) is 0 Å². The Bertz CT molecular complexity index is 707. The number of fused-ring (bicyclic) bond motifs is 1. The number of rotatable bonds is 1. The van der Waals surface area contributed by atoms with E-state index in [1.54, 1.807) is 0 Å². The smallest absolute Gasteiger partial charge is 0.137 e. The van der Waals surface area contributed by atoms with Crippen molar-refractivity contribution in [3.8, 4) is 11.3 Å². The molecule has 3 heteroatoms. The van der Waals surface area contributed by atoms with Gasteiger partial charge in [0, 0.05) is 15.4 Å². The molecule has 0 radical (unpaired) electrons. The van der Waals surface area contributed by atoms with Gasteiger partial charge in [-0.2, -0.15) is 0 Å². The summed E-state index contributed by atoms with van der Waals surface area (Å²) in [5, 5.41) is 2.64. The molecule has 3 aromatic rings. The number of benzene rings is 2. The van der Waals surface area contributed by atoms with Crippen LogP contribution in [0.5, 0.6) is 0 Å². The fourth-order valence-corrected chi connectivity index (χ4v) is 2.45. The van der Waals surface area contributed by atoms with E-state index in [1.165, 1.54) is 0 Å². The van der Waals surface area contributed by atoms with Gasteiger partial charge < -0.3 is 0 Å². The molecule has 0 aliphatic heterocycles. The zero-order chi connectivity index (χ0) is 12.5. The average Bonchev–Trinajstić information content (AvgIpc) is 2.39. The van der Waals surface area contributed by atoms with Gasteiger partial charge in [0.05, 0.1) is 5.69 Å². The van der Waals surface area contributed by atoms with Crippen molar-refractivity contribution < 1.29 is 0 Å². The molecule has 88 valence electrons. The lowest BCUT2D eigenvalue weighted by Gasteiger charge is -2.05. The van der Waals surface area contributed by atoms with Crippen molar-refractivity contribution in [2.24, 2.45) is 0 Å². The topological polar surface area (TPSA) is 12.9 Å². The van der Waals surface area contributed by atoms with E-state index in [4.69, 9.17) is 11.6 Å². The second-order valence-electron chi connectivity index (χ2n) is 4.03. The molecular weight excluding hydrogens is 310 g/mol. The molecule has 1 aromatic heterocycles. The molecule has 1 heterocycles. The van der Waals surface area contributed by atoms with Gasteiger partial charge in [0.15, 0.2) is 0 Å². The molecule has 0 fully saturated rings. The number of aromatic nitrogens is 1. The van der Waals surface area contributed by atoms with Crippen LogP contribution in [0.15, 0.2) is 59.1 Å². The van der Waals surface area contributed by atoms with Gasteiger partial charge in [-0.3, -0.25) is 0 Å². The van der Waals surface area contributed by atoms with Crippen molar-refractivity contribution in [1.29, 1.82) is 0 Å². The summed E-state index contributed by atoms with van der Waals surface area (Å²) in [5.74, 6) is 0. The average molecular weight is 319 g/mol. The largest absolute Gasteiger partial charge is 0.235 e. The molecule has 0 N–H and O–H groups in total. The zero-order valence-electron chi connectivity index (χ0n) is 9.40. The van der Waals surface area contributed by atoms with Gasteiger partial charge in [0.25, 0.3) is 0 Å². The molecule has 0 atom stereocenters. The van der Waals surface area contributed by atoms with Gasteiger partial charge in [-0.1, -0.05) is 63.9 Å². The van der Waals surface area contributed by atoms with Crippen molar-refractivity contribution in [3.05, 3.63) is 64.2 Å². The van der Waals surface area contributed by atoms with Crippen molar-refractivity contribution in [2.45, 2.75) is 0 Å². The Balaban J connectivity index is 2.21. The lowest BCUT2D eigenvalue weighted by atomic mass is 10.1. The van der Waals surface area contributed by atoms with Crippen LogP contribution in [0.1, 0.15) is 0 Å². The first-order valence-corrected chi connectivity index (χ1v) is 6.72. The Morgan fingerprint density at radius 1 is 0.944 bits per heavy atom. The summed E-state index contributed by atoms with van der Waals surface area (Å²) in [6, 6.07) is 18.1. The summed E-state index contributed by atoms with van der Waals surface area (Å²) >= 11 is 9.65. The first-order chi connectivity index (χ1) is 8.74. The van der Waals surface area contributed by atoms with Crippen LogP contribution in [0.2, 0.25) is 5.15 Å². The van der Waals surface area contributed by atoms with E-state index in [1.807, 2.05) is 48.5 Å². The Kier molecular flexibility index (Phi) is 3.06. The lowest BCUT2D eigenvalue weighted by Crippen LogP contribution is -1.86. The minimum atomic E-state index is 0.547. The van der Waals surface area contributed by atoms with Gasteiger partial charge in [-0.05, 0) is 23.6 Å². The maximum absolute atomic E-state index is 6.22. The molecule has 3 rings (SSSR count). The molecule has 0 aliphatic carbocycles. The second kappa shape index (κ2) is 4.71. The normalized spacial score (nSPS) is 10.8. The predicted molar refractivity (Wildman–Crippen MR) is 79.9 cm³/mol. The molecule has 2 aromatic carbocycles. The summed E-state index contributed by atoms with van der Waals surface area (Å²) in [7, 11) is 0. The number of pyridine rings is 1. The van der Waals surface area contributed by atoms with E-state index in [9.17, 15) is 0 Å². The van der Waals surface area contributed by atoms with Gasteiger partial charge >= 0.3 is 0 Å². The Hall–Kier alpha value is -1.38. The number of halogens is 2. The first-order valence-electron chi connectivity index (χ1n) is 5.55. The molecule has 18 heavy (non-hydrogen) atoms. The molecule has 0 saturated heterocycles. The molecule has 0 bridgehead atoms. The Morgan fingerprint density at radius 3 is 2.44 bits per heavy atom. The van der Waals surface area contributed by atoms with E-state index in [-0.39, 0.29) is 0 Å². The first kappa shape index (κ1) is 11.7. The third-order valence-electron chi connectivity index (χ3n) is 2.83. The maximum atomic E-state index is 6.22. The third kappa shape index (κ3) is 2.14. The minimum absolute atomic E-state index is 0.547. The van der Waals surface area contributed by atoms with E-state index >= 15 is 0 Å². The van der Waals surface area contributed by atoms with Crippen LogP contribution in [0.25, 0.3) is 22.0 Å². The number of hydrogen-bond acceptors (Lipinski definition) is 1. The van der Waals surface area contributed by atoms with Crippen LogP contribution < -0.4 is 0 Å². The van der Waals surface area contributed by atoms with Gasteiger partial charge in [0.2, 0.25) is 0 Å². The summed E-state index contributed by atoms with van der Waals surface area (Å²) in [6.45, 7) is 0. The quantitative estimate of drug-likeness (QED) is 0.553. The van der Waals surface area contributed by atoms with Gasteiger partial charge in [-0.25, -0.2) is 4.98 Å². The zero-order valence-corrected chi connectivity index (χ0v) is 11.7. The fourth-order valence-electron chi connectivity index (χ4n) is 1.92. The van der Waals surface area contributed by atoms with Crippen LogP contribution in [0.3, 0.4) is 0 Å². The highest BCUT2D eigenvalue weighted by molar-refractivity contribution is 9.10. The van der Waals surface area contributed by atoms with E-state index in [0.29, 0.717) is 5.15 Å². The third-order valence-corrected chi connectivity index (χ3v) is 3.65. The van der Waals surface area contributed by atoms with Crippen LogP contribution >= 0.6 is 27.5 Å². The van der Waals surface area contributed by atoms with Crippen LogP contribution in [-0.2, 0) is 0 Å². The summed E-state index contributed by atoms with van der Waals surface area (Å²) in [5.41, 5.74) is 1.96. The monoisotopic (exact) mass is 317 g/mol. The standard InChI is InChI=1S/C15H9BrClN/c16-12-7-5-10(6-8-12)14-9-11-3-1-2-4-13(11)15(17)18-14/h1-9H. The SMILES string of the molecule is Clc1nc(-c2ccc(Br)cc2)cc2ccccc12. The molecular formula is C15H9BrClN. The van der Waals surface area contributed by atoms with Crippen LogP contribution in [-0.4, -0.2) is 4.98 Å². The minimum Gasteiger partial charge on any atom is -0.235 e. The molecule has 0 saturated carbocycles. The van der Waals surface area contributed by atoms with Gasteiger partial charge in [-0.15, -0.1) is 0 Å². The molecule has 0 spiro atoms. The van der Waals surface area contributed by atoms with Crippen molar-refractivity contribution >= 4 is 38.3 Å². The lowest BCUT2D eigenvalue weighted by molar-refractivity contribution is 1.35. The second-order valence-corrected chi connectivity index (χ2v) is 5.30. The summed E-state index contributed by atoms with van der Waals surface area (Å²) in [6.07, 6.45) is 0. The highest BCUT2D eigenvalue weighted by Gasteiger charge is 2.05. The highest BCUT2D eigenvalue weighted by Crippen LogP contribution is 2.28. The van der Waals surface area contributed by atoms with Crippen LogP contribution in [0.4, 0.5) is 0 Å².